The van der Waals surface area contributed by atoms with Gasteiger partial charge in [0.1, 0.15) is 11.0 Å². The molecule has 0 aliphatic carbocycles. The van der Waals surface area contributed by atoms with Gasteiger partial charge < -0.3 is 4.57 Å². The molecule has 13 heavy (non-hydrogen) atoms. The van der Waals surface area contributed by atoms with Crippen LogP contribution in [-0.4, -0.2) is 27.0 Å². The summed E-state index contributed by atoms with van der Waals surface area (Å²) in [5.41, 5.74) is 0. The molecule has 72 valence electrons. The van der Waals surface area contributed by atoms with E-state index in [1.54, 1.807) is 6.20 Å². The van der Waals surface area contributed by atoms with Gasteiger partial charge in [0.15, 0.2) is 0 Å². The van der Waals surface area contributed by atoms with Crippen molar-refractivity contribution in [3.63, 3.8) is 0 Å². The fourth-order valence-electron chi connectivity index (χ4n) is 1.68. The Bertz CT molecular complexity index is 306. The third kappa shape index (κ3) is 1.58. The summed E-state index contributed by atoms with van der Waals surface area (Å²) in [7, 11) is 0. The smallest absolute Gasteiger partial charge is 0.128 e. The van der Waals surface area contributed by atoms with Crippen LogP contribution in [0.15, 0.2) is 6.20 Å². The van der Waals surface area contributed by atoms with Crippen LogP contribution in [0.1, 0.15) is 19.7 Å². The summed E-state index contributed by atoms with van der Waals surface area (Å²) in [5.74, 6) is 1.09. The second kappa shape index (κ2) is 3.31. The molecule has 1 aliphatic heterocycles. The van der Waals surface area contributed by atoms with Crippen molar-refractivity contribution in [2.75, 3.05) is 6.54 Å². The normalized spacial score (nSPS) is 17.8. The number of rotatable bonds is 1. The Labute approximate surface area is 83.3 Å². The van der Waals surface area contributed by atoms with E-state index in [4.69, 9.17) is 11.6 Å². The van der Waals surface area contributed by atoms with Crippen LogP contribution < -0.4 is 0 Å². The Balaban J connectivity index is 2.21. The quantitative estimate of drug-likeness (QED) is 0.688. The van der Waals surface area contributed by atoms with Gasteiger partial charge in [0.2, 0.25) is 0 Å². The molecule has 0 aromatic carbocycles. The molecule has 4 heteroatoms. The summed E-state index contributed by atoms with van der Waals surface area (Å²) in [6.45, 7) is 7.37. The minimum atomic E-state index is 0.587. The Morgan fingerprint density at radius 3 is 2.92 bits per heavy atom. The number of hydrogen-bond acceptors (Lipinski definition) is 2. The predicted molar refractivity (Wildman–Crippen MR) is 52.8 cm³/mol. The highest BCUT2D eigenvalue weighted by molar-refractivity contribution is 6.29. The SMILES string of the molecule is CC(C)N1CCn2c(Cl)cnc2C1. The Morgan fingerprint density at radius 2 is 2.23 bits per heavy atom. The lowest BCUT2D eigenvalue weighted by atomic mass is 10.2. The lowest BCUT2D eigenvalue weighted by molar-refractivity contribution is 0.173. The van der Waals surface area contributed by atoms with Crippen molar-refractivity contribution in [3.05, 3.63) is 17.2 Å². The van der Waals surface area contributed by atoms with Gasteiger partial charge in [-0.25, -0.2) is 4.98 Å². The maximum absolute atomic E-state index is 5.97. The average Bonchev–Trinajstić information content (AvgIpc) is 2.47. The van der Waals surface area contributed by atoms with Crippen LogP contribution >= 0.6 is 11.6 Å². The molecule has 0 bridgehead atoms. The molecule has 0 saturated heterocycles. The first kappa shape index (κ1) is 9.03. The summed E-state index contributed by atoms with van der Waals surface area (Å²) in [6, 6.07) is 0.587. The number of hydrogen-bond donors (Lipinski definition) is 0. The number of imidazole rings is 1. The zero-order chi connectivity index (χ0) is 9.42. The zero-order valence-corrected chi connectivity index (χ0v) is 8.75. The second-order valence-electron chi connectivity index (χ2n) is 3.71. The van der Waals surface area contributed by atoms with Crippen LogP contribution in [0.3, 0.4) is 0 Å². The maximum atomic E-state index is 5.97. The largest absolute Gasteiger partial charge is 0.317 e. The molecule has 1 aromatic heterocycles. The van der Waals surface area contributed by atoms with Crippen LogP contribution in [-0.2, 0) is 13.1 Å². The van der Waals surface area contributed by atoms with Crippen molar-refractivity contribution < 1.29 is 0 Å². The summed E-state index contributed by atoms with van der Waals surface area (Å²) in [4.78, 5) is 6.68. The Hall–Kier alpha value is -0.540. The molecule has 0 fully saturated rings. The van der Waals surface area contributed by atoms with Gasteiger partial charge in [-0.3, -0.25) is 4.90 Å². The maximum Gasteiger partial charge on any atom is 0.128 e. The first-order valence-corrected chi connectivity index (χ1v) is 5.00. The van der Waals surface area contributed by atoms with E-state index in [9.17, 15) is 0 Å². The van der Waals surface area contributed by atoms with E-state index in [0.717, 1.165) is 30.6 Å². The van der Waals surface area contributed by atoms with E-state index in [1.165, 1.54) is 0 Å². The molecule has 0 radical (unpaired) electrons. The highest BCUT2D eigenvalue weighted by Gasteiger charge is 2.20. The molecule has 1 aromatic rings. The monoisotopic (exact) mass is 199 g/mol. The van der Waals surface area contributed by atoms with Crippen molar-refractivity contribution in [2.24, 2.45) is 0 Å². The fraction of sp³-hybridized carbons (Fsp3) is 0.667. The van der Waals surface area contributed by atoms with E-state index >= 15 is 0 Å². The van der Waals surface area contributed by atoms with Crippen molar-refractivity contribution in [3.8, 4) is 0 Å². The third-order valence-corrected chi connectivity index (χ3v) is 2.88. The van der Waals surface area contributed by atoms with E-state index < -0.39 is 0 Å². The molecule has 2 heterocycles. The molecule has 2 rings (SSSR count). The summed E-state index contributed by atoms with van der Waals surface area (Å²) in [5, 5.41) is 0.762. The summed E-state index contributed by atoms with van der Waals surface area (Å²) in [6.07, 6.45) is 1.74. The van der Waals surface area contributed by atoms with E-state index in [-0.39, 0.29) is 0 Å². The van der Waals surface area contributed by atoms with Gasteiger partial charge in [-0.1, -0.05) is 11.6 Å². The van der Waals surface area contributed by atoms with Crippen LogP contribution in [0.4, 0.5) is 0 Å². The lowest BCUT2D eigenvalue weighted by Gasteiger charge is -2.30. The molecule has 0 spiro atoms. The Kier molecular flexibility index (Phi) is 2.30. The summed E-state index contributed by atoms with van der Waals surface area (Å²) >= 11 is 5.97. The second-order valence-corrected chi connectivity index (χ2v) is 4.10. The number of nitrogens with zero attached hydrogens (tertiary/aromatic N) is 3. The first-order chi connectivity index (χ1) is 6.18. The summed E-state index contributed by atoms with van der Waals surface area (Å²) < 4.78 is 2.08. The number of aromatic nitrogens is 2. The highest BCUT2D eigenvalue weighted by atomic mass is 35.5. The van der Waals surface area contributed by atoms with Gasteiger partial charge in [0, 0.05) is 19.1 Å². The van der Waals surface area contributed by atoms with Gasteiger partial charge in [-0.05, 0) is 13.8 Å². The first-order valence-electron chi connectivity index (χ1n) is 4.62. The van der Waals surface area contributed by atoms with Crippen molar-refractivity contribution in [2.45, 2.75) is 33.0 Å². The molecule has 0 saturated carbocycles. The average molecular weight is 200 g/mol. The van der Waals surface area contributed by atoms with Gasteiger partial charge in [-0.15, -0.1) is 0 Å². The molecule has 0 N–H and O–H groups in total. The zero-order valence-electron chi connectivity index (χ0n) is 8.00. The molecule has 0 amide bonds. The van der Waals surface area contributed by atoms with Gasteiger partial charge in [-0.2, -0.15) is 0 Å². The molecule has 1 aliphatic rings. The predicted octanol–water partition coefficient (Wildman–Crippen LogP) is 1.76. The van der Waals surface area contributed by atoms with Gasteiger partial charge >= 0.3 is 0 Å². The van der Waals surface area contributed by atoms with Crippen LogP contribution in [0.2, 0.25) is 5.15 Å². The van der Waals surface area contributed by atoms with Crippen LogP contribution in [0.5, 0.6) is 0 Å². The molecule has 0 atom stereocenters. The van der Waals surface area contributed by atoms with Crippen LogP contribution in [0, 0.1) is 0 Å². The van der Waals surface area contributed by atoms with Crippen molar-refractivity contribution >= 4 is 11.6 Å². The van der Waals surface area contributed by atoms with Crippen molar-refractivity contribution in [1.29, 1.82) is 0 Å². The third-order valence-electron chi connectivity index (χ3n) is 2.58. The van der Waals surface area contributed by atoms with E-state index in [0.29, 0.717) is 6.04 Å². The lowest BCUT2D eigenvalue weighted by Crippen LogP contribution is -2.38. The van der Waals surface area contributed by atoms with Gasteiger partial charge in [0.05, 0.1) is 12.7 Å². The van der Waals surface area contributed by atoms with Crippen molar-refractivity contribution in [1.82, 2.24) is 14.5 Å². The van der Waals surface area contributed by atoms with Gasteiger partial charge in [0.25, 0.3) is 0 Å². The number of halogens is 1. The Morgan fingerprint density at radius 1 is 1.46 bits per heavy atom. The molecule has 0 unspecified atom stereocenters. The van der Waals surface area contributed by atoms with E-state index in [2.05, 4.69) is 28.3 Å². The molecule has 3 nitrogen and oxygen atoms in total. The van der Waals surface area contributed by atoms with E-state index in [1.807, 2.05) is 0 Å². The topological polar surface area (TPSA) is 21.1 Å². The molecular formula is C9H14ClN3. The minimum Gasteiger partial charge on any atom is -0.317 e. The highest BCUT2D eigenvalue weighted by Crippen LogP contribution is 2.18. The minimum absolute atomic E-state index is 0.587. The van der Waals surface area contributed by atoms with Crippen LogP contribution in [0.25, 0.3) is 0 Å². The fourth-order valence-corrected chi connectivity index (χ4v) is 1.91. The molecular weight excluding hydrogens is 186 g/mol. The number of fused-ring (bicyclic) bond motifs is 1. The standard InChI is InChI=1S/C9H14ClN3/c1-7(2)12-3-4-13-8(10)5-11-9(13)6-12/h5,7H,3-4,6H2,1-2H3.